The third-order valence-electron chi connectivity index (χ3n) is 2.93. The summed E-state index contributed by atoms with van der Waals surface area (Å²) in [6.07, 6.45) is 4.33. The lowest BCUT2D eigenvalue weighted by molar-refractivity contribution is 0.0926. The minimum Gasteiger partial charge on any atom is -0.467 e. The normalized spacial score (nSPS) is 12.3. The summed E-state index contributed by atoms with van der Waals surface area (Å²) in [5.41, 5.74) is 6.94. The number of nitrogens with two attached hydrogens (primary N) is 1. The van der Waals surface area contributed by atoms with Crippen LogP contribution >= 0.6 is 0 Å². The zero-order chi connectivity index (χ0) is 13.8. The van der Waals surface area contributed by atoms with Crippen molar-refractivity contribution in [3.05, 3.63) is 42.1 Å². The van der Waals surface area contributed by atoms with Gasteiger partial charge in [0.2, 0.25) is 0 Å². The lowest BCUT2D eigenvalue weighted by Crippen LogP contribution is -2.28. The van der Waals surface area contributed by atoms with Gasteiger partial charge in [-0.1, -0.05) is 6.92 Å². The zero-order valence-corrected chi connectivity index (χ0v) is 11.2. The summed E-state index contributed by atoms with van der Waals surface area (Å²) in [7, 11) is 0. The second-order valence-electron chi connectivity index (χ2n) is 4.56. The average Bonchev–Trinajstić information content (AvgIpc) is 2.99. The van der Waals surface area contributed by atoms with E-state index in [1.54, 1.807) is 24.6 Å². The zero-order valence-electron chi connectivity index (χ0n) is 11.2. The number of furan rings is 1. The minimum atomic E-state index is -0.172. The van der Waals surface area contributed by atoms with Crippen LogP contribution in [0.1, 0.15) is 42.6 Å². The van der Waals surface area contributed by atoms with E-state index in [0.717, 1.165) is 18.7 Å². The number of nitrogen functional groups attached to an aromatic ring is 1. The Kier molecular flexibility index (Phi) is 3.94. The average molecular weight is 261 g/mol. The number of anilines is 1. The molecule has 3 N–H and O–H groups in total. The van der Waals surface area contributed by atoms with E-state index in [1.807, 2.05) is 17.6 Å². The van der Waals surface area contributed by atoms with Gasteiger partial charge >= 0.3 is 0 Å². The van der Waals surface area contributed by atoms with Crippen LogP contribution < -0.4 is 11.1 Å². The highest BCUT2D eigenvalue weighted by Gasteiger charge is 2.16. The molecule has 2 aromatic rings. The molecule has 5 nitrogen and oxygen atoms in total. The maximum Gasteiger partial charge on any atom is 0.268 e. The van der Waals surface area contributed by atoms with Crippen LogP contribution in [0.25, 0.3) is 0 Å². The smallest absolute Gasteiger partial charge is 0.268 e. The first kappa shape index (κ1) is 13.3. The quantitative estimate of drug-likeness (QED) is 0.868. The highest BCUT2D eigenvalue weighted by Crippen LogP contribution is 2.15. The molecule has 19 heavy (non-hydrogen) atoms. The Morgan fingerprint density at radius 3 is 3.00 bits per heavy atom. The molecule has 1 atom stereocenters. The fourth-order valence-electron chi connectivity index (χ4n) is 2.03. The van der Waals surface area contributed by atoms with E-state index >= 15 is 0 Å². The number of nitrogens with one attached hydrogen (secondary N) is 1. The number of aromatic nitrogens is 1. The van der Waals surface area contributed by atoms with Crippen LogP contribution in [0.2, 0.25) is 0 Å². The Hall–Kier alpha value is -2.17. The Morgan fingerprint density at radius 2 is 2.37 bits per heavy atom. The van der Waals surface area contributed by atoms with Gasteiger partial charge in [-0.2, -0.15) is 0 Å². The van der Waals surface area contributed by atoms with Crippen molar-refractivity contribution in [2.75, 3.05) is 5.73 Å². The third-order valence-corrected chi connectivity index (χ3v) is 2.93. The summed E-state index contributed by atoms with van der Waals surface area (Å²) in [6.45, 7) is 4.71. The highest BCUT2D eigenvalue weighted by molar-refractivity contribution is 5.94. The Bertz CT molecular complexity index is 543. The monoisotopic (exact) mass is 261 g/mol. The van der Waals surface area contributed by atoms with E-state index in [4.69, 9.17) is 10.2 Å². The minimum absolute atomic E-state index is 0.144. The molecule has 0 bridgehead atoms. The van der Waals surface area contributed by atoms with E-state index in [0.29, 0.717) is 11.4 Å². The second kappa shape index (κ2) is 5.65. The van der Waals surface area contributed by atoms with E-state index < -0.39 is 0 Å². The van der Waals surface area contributed by atoms with Gasteiger partial charge in [-0.15, -0.1) is 0 Å². The van der Waals surface area contributed by atoms with Crippen LogP contribution in [0.3, 0.4) is 0 Å². The Morgan fingerprint density at radius 1 is 1.58 bits per heavy atom. The lowest BCUT2D eigenvalue weighted by Gasteiger charge is -2.13. The number of hydrogen-bond donors (Lipinski definition) is 2. The molecule has 0 fully saturated rings. The van der Waals surface area contributed by atoms with Crippen LogP contribution in [0.5, 0.6) is 0 Å². The van der Waals surface area contributed by atoms with Crippen molar-refractivity contribution in [1.29, 1.82) is 0 Å². The van der Waals surface area contributed by atoms with Gasteiger partial charge in [0, 0.05) is 12.7 Å². The molecule has 2 rings (SSSR count). The molecule has 0 aliphatic carbocycles. The number of carbonyl (C=O) groups is 1. The first-order valence-electron chi connectivity index (χ1n) is 6.41. The number of carbonyl (C=O) groups excluding carboxylic acids is 1. The first-order chi connectivity index (χ1) is 9.11. The number of rotatable bonds is 5. The molecule has 1 unspecified atom stereocenters. The van der Waals surface area contributed by atoms with Gasteiger partial charge in [0.1, 0.15) is 11.5 Å². The molecule has 0 saturated carbocycles. The number of hydrogen-bond acceptors (Lipinski definition) is 3. The van der Waals surface area contributed by atoms with Crippen molar-refractivity contribution in [2.45, 2.75) is 32.9 Å². The van der Waals surface area contributed by atoms with Crippen LogP contribution in [0.15, 0.2) is 35.1 Å². The van der Waals surface area contributed by atoms with Gasteiger partial charge in [0.15, 0.2) is 0 Å². The summed E-state index contributed by atoms with van der Waals surface area (Å²) in [4.78, 5) is 12.2. The predicted octanol–water partition coefficient (Wildman–Crippen LogP) is 2.56. The molecule has 0 spiro atoms. The molecule has 1 amide bonds. The summed E-state index contributed by atoms with van der Waals surface area (Å²) in [6, 6.07) is 5.16. The maximum absolute atomic E-state index is 12.2. The van der Waals surface area contributed by atoms with E-state index in [1.165, 1.54) is 0 Å². The van der Waals surface area contributed by atoms with Gasteiger partial charge < -0.3 is 20.0 Å². The molecular formula is C14H19N3O2. The van der Waals surface area contributed by atoms with Gasteiger partial charge in [0.25, 0.3) is 5.91 Å². The second-order valence-corrected chi connectivity index (χ2v) is 4.56. The fraction of sp³-hybridized carbons (Fsp3) is 0.357. The molecule has 2 heterocycles. The van der Waals surface area contributed by atoms with Gasteiger partial charge in [-0.05, 0) is 31.5 Å². The highest BCUT2D eigenvalue weighted by atomic mass is 16.3. The maximum atomic E-state index is 12.2. The van der Waals surface area contributed by atoms with Crippen molar-refractivity contribution in [2.24, 2.45) is 0 Å². The largest absolute Gasteiger partial charge is 0.467 e. The molecule has 0 saturated heterocycles. The summed E-state index contributed by atoms with van der Waals surface area (Å²) in [5, 5.41) is 2.90. The summed E-state index contributed by atoms with van der Waals surface area (Å²) in [5.74, 6) is 0.587. The van der Waals surface area contributed by atoms with E-state index in [9.17, 15) is 4.79 Å². The molecule has 5 heteroatoms. The fourth-order valence-corrected chi connectivity index (χ4v) is 2.03. The van der Waals surface area contributed by atoms with Crippen molar-refractivity contribution in [3.63, 3.8) is 0 Å². The van der Waals surface area contributed by atoms with Crippen molar-refractivity contribution in [3.8, 4) is 0 Å². The van der Waals surface area contributed by atoms with E-state index in [-0.39, 0.29) is 11.9 Å². The first-order valence-corrected chi connectivity index (χ1v) is 6.41. The van der Waals surface area contributed by atoms with Crippen LogP contribution in [-0.2, 0) is 6.54 Å². The Balaban J connectivity index is 2.11. The number of amides is 1. The summed E-state index contributed by atoms with van der Waals surface area (Å²) >= 11 is 0. The molecule has 0 aliphatic heterocycles. The van der Waals surface area contributed by atoms with Gasteiger partial charge in [-0.25, -0.2) is 0 Å². The Labute approximate surface area is 112 Å². The van der Waals surface area contributed by atoms with Crippen LogP contribution in [-0.4, -0.2) is 10.5 Å². The van der Waals surface area contributed by atoms with E-state index in [2.05, 4.69) is 12.2 Å². The van der Waals surface area contributed by atoms with Crippen molar-refractivity contribution >= 4 is 11.6 Å². The molecular weight excluding hydrogens is 242 g/mol. The van der Waals surface area contributed by atoms with Gasteiger partial charge in [-0.3, -0.25) is 4.79 Å². The third kappa shape index (κ3) is 2.99. The molecule has 0 aliphatic rings. The predicted molar refractivity (Wildman–Crippen MR) is 73.7 cm³/mol. The molecule has 0 aromatic carbocycles. The van der Waals surface area contributed by atoms with Crippen LogP contribution in [0, 0.1) is 0 Å². The molecule has 102 valence electrons. The summed E-state index contributed by atoms with van der Waals surface area (Å²) < 4.78 is 7.14. The van der Waals surface area contributed by atoms with Crippen molar-refractivity contribution < 1.29 is 9.21 Å². The number of nitrogens with zero attached hydrogens (tertiary/aromatic N) is 1. The van der Waals surface area contributed by atoms with Gasteiger partial charge in [0.05, 0.1) is 18.0 Å². The molecule has 0 radical (unpaired) electrons. The standard InChI is InChI=1S/C14H19N3O2/c1-3-6-17-9-11(15)8-12(17)14(18)16-10(2)13-5-4-7-19-13/h4-5,7-10H,3,6,15H2,1-2H3,(H,16,18). The molecule has 2 aromatic heterocycles. The topological polar surface area (TPSA) is 73.2 Å². The SMILES string of the molecule is CCCn1cc(N)cc1C(=O)NC(C)c1ccco1. The van der Waals surface area contributed by atoms with Crippen LogP contribution in [0.4, 0.5) is 5.69 Å². The lowest BCUT2D eigenvalue weighted by atomic mass is 10.2. The van der Waals surface area contributed by atoms with Crippen molar-refractivity contribution in [1.82, 2.24) is 9.88 Å². The number of aryl methyl sites for hydroxylation is 1.